The number of nitrogens with zero attached hydrogens (tertiary/aromatic N) is 6. The first-order valence-corrected chi connectivity index (χ1v) is 26.5. The van der Waals surface area contributed by atoms with E-state index < -0.39 is 0 Å². The van der Waals surface area contributed by atoms with Gasteiger partial charge in [0.1, 0.15) is 28.2 Å². The van der Waals surface area contributed by atoms with E-state index >= 15 is 0 Å². The standard InChI is InChI=1S/C23H28N2.2C23H27N2.2CH4/c3*1-24(2)21-14-10-19(11-15-21)23(18-8-6-5-7-9-18)20-12-16-22(17-13-20)25(3)4;;/h5-12,14-17,20,23H,13H2,1-4H3;2*5-17,19,23H,1-4H3;2*1H4/q;2*+1;;. The van der Waals surface area contributed by atoms with E-state index in [-0.39, 0.29) is 14.9 Å². The highest BCUT2D eigenvalue weighted by atomic mass is 15.1. The van der Waals surface area contributed by atoms with Crippen LogP contribution in [0.4, 0.5) is 17.1 Å². The van der Waals surface area contributed by atoms with E-state index in [9.17, 15) is 0 Å². The van der Waals surface area contributed by atoms with Crippen molar-refractivity contribution < 1.29 is 9.15 Å². The predicted octanol–water partition coefficient (Wildman–Crippen LogP) is 14.9. The van der Waals surface area contributed by atoms with Gasteiger partial charge in [-0.1, -0.05) is 179 Å². The molecule has 0 radical (unpaired) electrons. The summed E-state index contributed by atoms with van der Waals surface area (Å²) >= 11 is 0. The van der Waals surface area contributed by atoms with E-state index in [0.717, 1.165) is 6.42 Å². The van der Waals surface area contributed by atoms with E-state index in [1.807, 2.05) is 0 Å². The molecule has 4 unspecified atom stereocenters. The topological polar surface area (TPSA) is 19.0 Å². The molecule has 0 N–H and O–H groups in total. The summed E-state index contributed by atoms with van der Waals surface area (Å²) in [6, 6.07) is 59.4. The molecule has 0 saturated heterocycles. The highest BCUT2D eigenvalue weighted by Gasteiger charge is 2.27. The molecule has 0 saturated carbocycles. The smallest absolute Gasteiger partial charge is 0.198 e. The first-order valence-electron chi connectivity index (χ1n) is 26.5. The van der Waals surface area contributed by atoms with Crippen LogP contribution in [-0.2, 0) is 0 Å². The monoisotopic (exact) mass is 1030 g/mol. The lowest BCUT2D eigenvalue weighted by Crippen LogP contribution is -2.18. The fourth-order valence-electron chi connectivity index (χ4n) is 10.2. The van der Waals surface area contributed by atoms with Gasteiger partial charge in [-0.25, -0.2) is 9.15 Å². The highest BCUT2D eigenvalue weighted by Crippen LogP contribution is 2.39. The van der Waals surface area contributed by atoms with Crippen LogP contribution in [0.15, 0.2) is 236 Å². The molecule has 402 valence electrons. The van der Waals surface area contributed by atoms with Gasteiger partial charge in [-0.05, 0) is 88.2 Å². The summed E-state index contributed by atoms with van der Waals surface area (Å²) in [5, 5.41) is 0. The average Bonchev–Trinajstić information content (AvgIpc) is 3.44. The first kappa shape index (κ1) is 60.2. The Balaban J connectivity index is 0.000000210. The fourth-order valence-corrected chi connectivity index (χ4v) is 10.2. The van der Waals surface area contributed by atoms with E-state index in [0.29, 0.717) is 35.5 Å². The largest absolute Gasteiger partial charge is 0.378 e. The minimum atomic E-state index is 0. The Morgan fingerprint density at radius 2 is 0.623 bits per heavy atom. The quantitative estimate of drug-likeness (QED) is 0.107. The zero-order valence-corrected chi connectivity index (χ0v) is 46.8. The Morgan fingerprint density at radius 3 is 0.883 bits per heavy atom. The van der Waals surface area contributed by atoms with Gasteiger partial charge in [0.25, 0.3) is 0 Å². The molecule has 0 fully saturated rings. The third kappa shape index (κ3) is 16.2. The van der Waals surface area contributed by atoms with Crippen LogP contribution < -0.4 is 14.7 Å². The van der Waals surface area contributed by atoms with Gasteiger partial charge in [-0.15, -0.1) is 0 Å². The highest BCUT2D eigenvalue weighted by molar-refractivity contribution is 6.01. The molecule has 0 amide bonds. The molecule has 0 heterocycles. The lowest BCUT2D eigenvalue weighted by molar-refractivity contribution is -0.462. The van der Waals surface area contributed by atoms with Crippen molar-refractivity contribution in [2.45, 2.75) is 39.0 Å². The van der Waals surface area contributed by atoms with Crippen molar-refractivity contribution in [2.75, 3.05) is 99.3 Å². The molecule has 3 aliphatic carbocycles. The summed E-state index contributed by atoms with van der Waals surface area (Å²) in [5.41, 5.74) is 15.7. The maximum Gasteiger partial charge on any atom is 0.198 e. The van der Waals surface area contributed by atoms with Gasteiger partial charge in [0.15, 0.2) is 11.4 Å². The van der Waals surface area contributed by atoms with Gasteiger partial charge in [-0.2, -0.15) is 0 Å². The van der Waals surface area contributed by atoms with Gasteiger partial charge < -0.3 is 19.6 Å². The second-order valence-corrected chi connectivity index (χ2v) is 21.1. The Kier molecular flexibility index (Phi) is 22.7. The maximum absolute atomic E-state index is 2.38. The van der Waals surface area contributed by atoms with Crippen molar-refractivity contribution in [3.05, 3.63) is 270 Å². The number of likely N-dealkylation sites (N-methyl/N-ethyl adjacent to an activating group) is 1. The van der Waals surface area contributed by atoms with Crippen LogP contribution in [0.25, 0.3) is 0 Å². The van der Waals surface area contributed by atoms with Crippen molar-refractivity contribution in [2.24, 2.45) is 17.8 Å². The molecular weight excluding hydrogens is 937 g/mol. The van der Waals surface area contributed by atoms with Gasteiger partial charge >= 0.3 is 0 Å². The van der Waals surface area contributed by atoms with Crippen molar-refractivity contribution in [3.8, 4) is 0 Å². The van der Waals surface area contributed by atoms with E-state index in [4.69, 9.17) is 0 Å². The Hall–Kier alpha value is -7.70. The molecule has 6 nitrogen and oxygen atoms in total. The molecule has 3 aliphatic rings. The minimum absolute atomic E-state index is 0. The second-order valence-electron chi connectivity index (χ2n) is 21.1. The molecule has 4 atom stereocenters. The number of hydrogen-bond donors (Lipinski definition) is 0. The lowest BCUT2D eigenvalue weighted by Gasteiger charge is -2.29. The molecular formula is C71H90N6+2. The van der Waals surface area contributed by atoms with Crippen molar-refractivity contribution in [3.63, 3.8) is 0 Å². The fraction of sp³-hybridized carbons (Fsp3) is 0.296. The molecule has 0 aromatic heterocycles. The van der Waals surface area contributed by atoms with Crippen LogP contribution in [0.1, 0.15) is 72.4 Å². The van der Waals surface area contributed by atoms with Crippen LogP contribution in [0.5, 0.6) is 0 Å². The lowest BCUT2D eigenvalue weighted by atomic mass is 9.77. The molecule has 6 heteroatoms. The molecule has 0 aliphatic heterocycles. The van der Waals surface area contributed by atoms with Crippen LogP contribution >= 0.6 is 0 Å². The van der Waals surface area contributed by atoms with Gasteiger partial charge in [-0.3, -0.25) is 0 Å². The van der Waals surface area contributed by atoms with Crippen LogP contribution in [0.3, 0.4) is 0 Å². The Labute approximate surface area is 466 Å². The molecule has 77 heavy (non-hydrogen) atoms. The number of benzene rings is 6. The molecule has 0 spiro atoms. The van der Waals surface area contributed by atoms with Crippen LogP contribution in [0.2, 0.25) is 0 Å². The first-order chi connectivity index (χ1) is 36.2. The van der Waals surface area contributed by atoms with Crippen LogP contribution in [-0.4, -0.2) is 110 Å². The van der Waals surface area contributed by atoms with E-state index in [1.165, 1.54) is 67.6 Å². The zero-order chi connectivity index (χ0) is 53.4. The van der Waals surface area contributed by atoms with Gasteiger partial charge in [0.2, 0.25) is 0 Å². The summed E-state index contributed by atoms with van der Waals surface area (Å²) in [7, 11) is 25.0. The van der Waals surface area contributed by atoms with Gasteiger partial charge in [0.05, 0.1) is 0 Å². The Morgan fingerprint density at radius 1 is 0.338 bits per heavy atom. The van der Waals surface area contributed by atoms with E-state index in [2.05, 4.69) is 344 Å². The van der Waals surface area contributed by atoms with Crippen molar-refractivity contribution >= 4 is 28.5 Å². The van der Waals surface area contributed by atoms with E-state index in [1.54, 1.807) is 0 Å². The van der Waals surface area contributed by atoms with Crippen molar-refractivity contribution in [1.82, 2.24) is 4.90 Å². The SMILES string of the molecule is C.C.CN(C)C1=CCC(C(c2ccccc2)c2ccc(N(C)C)cc2)C=C1.CN(C)c1ccc(C(c2ccccc2)C2C=CC(=[N+](C)C)C=C2)cc1.CN(C)c1ccc(C(c2ccccc2)C2C=CC(=[N+](C)C)C=C2)cc1. The summed E-state index contributed by atoms with van der Waals surface area (Å²) in [6.07, 6.45) is 26.3. The third-order valence-corrected chi connectivity index (χ3v) is 14.6. The number of allylic oxidation sites excluding steroid dienone is 11. The van der Waals surface area contributed by atoms with Crippen molar-refractivity contribution in [1.29, 1.82) is 0 Å². The normalized spacial score (nSPS) is 17.1. The summed E-state index contributed by atoms with van der Waals surface area (Å²) in [5.74, 6) is 2.24. The average molecular weight is 1030 g/mol. The van der Waals surface area contributed by atoms with Gasteiger partial charge in [0, 0.05) is 133 Å². The third-order valence-electron chi connectivity index (χ3n) is 14.6. The number of anilines is 3. The molecule has 6 aromatic carbocycles. The maximum atomic E-state index is 2.38. The second kappa shape index (κ2) is 29.0. The molecule has 0 bridgehead atoms. The predicted molar refractivity (Wildman–Crippen MR) is 337 cm³/mol. The summed E-state index contributed by atoms with van der Waals surface area (Å²) in [6.45, 7) is 0. The number of hydrogen-bond acceptors (Lipinski definition) is 4. The zero-order valence-electron chi connectivity index (χ0n) is 46.8. The summed E-state index contributed by atoms with van der Waals surface area (Å²) in [4.78, 5) is 8.60. The molecule has 9 rings (SSSR count). The summed E-state index contributed by atoms with van der Waals surface area (Å²) < 4.78 is 4.29. The minimum Gasteiger partial charge on any atom is -0.378 e. The van der Waals surface area contributed by atoms with Crippen LogP contribution in [0, 0.1) is 17.8 Å². The Bertz CT molecular complexity index is 2810. The number of rotatable bonds is 13. The molecule has 6 aromatic rings.